The van der Waals surface area contributed by atoms with Crippen LogP contribution in [0.4, 0.5) is 18.9 Å². The molecule has 6 heteroatoms. The van der Waals surface area contributed by atoms with E-state index in [1.54, 1.807) is 24.3 Å². The molecule has 0 saturated heterocycles. The molecule has 2 N–H and O–H groups in total. The van der Waals surface area contributed by atoms with E-state index in [-0.39, 0.29) is 11.8 Å². The monoisotopic (exact) mass is 296 g/mol. The quantitative estimate of drug-likeness (QED) is 0.880. The normalized spacial score (nSPS) is 13.0. The van der Waals surface area contributed by atoms with Gasteiger partial charge in [-0.05, 0) is 24.6 Å². The standard InChI is InChI=1S/C15H15F3N2O/c1-2-12(11-5-3-4-6-13(11)21)20-10-7-8-14(19-9-10)15(16,17)18/h3-9,12,20-21H,2H2,1H3. The number of rotatable bonds is 4. The molecule has 1 aromatic carbocycles. The highest BCUT2D eigenvalue weighted by Crippen LogP contribution is 2.31. The zero-order valence-corrected chi connectivity index (χ0v) is 11.4. The number of benzene rings is 1. The number of nitrogens with one attached hydrogen (secondary N) is 1. The summed E-state index contributed by atoms with van der Waals surface area (Å²) in [4.78, 5) is 3.40. The minimum Gasteiger partial charge on any atom is -0.508 e. The van der Waals surface area contributed by atoms with Crippen LogP contribution in [-0.4, -0.2) is 10.1 Å². The van der Waals surface area contributed by atoms with E-state index >= 15 is 0 Å². The summed E-state index contributed by atoms with van der Waals surface area (Å²) >= 11 is 0. The molecule has 0 aliphatic rings. The molecular weight excluding hydrogens is 281 g/mol. The van der Waals surface area contributed by atoms with Gasteiger partial charge in [-0.2, -0.15) is 13.2 Å². The molecule has 0 aliphatic heterocycles. The Hall–Kier alpha value is -2.24. The molecule has 2 rings (SSSR count). The SMILES string of the molecule is CCC(Nc1ccc(C(F)(F)F)nc1)c1ccccc1O. The van der Waals surface area contributed by atoms with Gasteiger partial charge in [-0.1, -0.05) is 25.1 Å². The zero-order chi connectivity index (χ0) is 15.5. The molecule has 0 saturated carbocycles. The first kappa shape index (κ1) is 15.2. The van der Waals surface area contributed by atoms with Crippen molar-refractivity contribution in [2.75, 3.05) is 5.32 Å². The van der Waals surface area contributed by atoms with Gasteiger partial charge >= 0.3 is 6.18 Å². The fourth-order valence-corrected chi connectivity index (χ4v) is 2.03. The number of aromatic hydroxyl groups is 1. The first-order chi connectivity index (χ1) is 9.91. The second-order valence-electron chi connectivity index (χ2n) is 4.59. The lowest BCUT2D eigenvalue weighted by molar-refractivity contribution is -0.141. The summed E-state index contributed by atoms with van der Waals surface area (Å²) in [5.74, 6) is 0.150. The predicted molar refractivity (Wildman–Crippen MR) is 74.0 cm³/mol. The van der Waals surface area contributed by atoms with Crippen molar-refractivity contribution >= 4 is 5.69 Å². The van der Waals surface area contributed by atoms with Gasteiger partial charge < -0.3 is 10.4 Å². The van der Waals surface area contributed by atoms with Crippen LogP contribution in [0.1, 0.15) is 30.6 Å². The summed E-state index contributed by atoms with van der Waals surface area (Å²) in [5.41, 5.74) is 0.238. The highest BCUT2D eigenvalue weighted by atomic mass is 19.4. The molecule has 0 spiro atoms. The highest BCUT2D eigenvalue weighted by molar-refractivity contribution is 5.46. The van der Waals surface area contributed by atoms with E-state index in [9.17, 15) is 18.3 Å². The number of hydrogen-bond donors (Lipinski definition) is 2. The highest BCUT2D eigenvalue weighted by Gasteiger charge is 2.32. The number of halogens is 3. The van der Waals surface area contributed by atoms with Gasteiger partial charge in [-0.25, -0.2) is 4.98 Å². The lowest BCUT2D eigenvalue weighted by Gasteiger charge is -2.19. The smallest absolute Gasteiger partial charge is 0.433 e. The van der Waals surface area contributed by atoms with Crippen LogP contribution >= 0.6 is 0 Å². The Morgan fingerprint density at radius 3 is 2.43 bits per heavy atom. The molecule has 1 aromatic heterocycles. The Kier molecular flexibility index (Phi) is 4.35. The van der Waals surface area contributed by atoms with Gasteiger partial charge in [0.05, 0.1) is 17.9 Å². The number of para-hydroxylation sites is 1. The Labute approximate surface area is 120 Å². The molecule has 21 heavy (non-hydrogen) atoms. The van der Waals surface area contributed by atoms with Crippen LogP contribution in [0, 0.1) is 0 Å². The summed E-state index contributed by atoms with van der Waals surface area (Å²) in [7, 11) is 0. The molecule has 0 fully saturated rings. The molecule has 0 radical (unpaired) electrons. The second kappa shape index (κ2) is 6.03. The van der Waals surface area contributed by atoms with E-state index < -0.39 is 11.9 Å². The third kappa shape index (κ3) is 3.65. The average Bonchev–Trinajstić information content (AvgIpc) is 2.45. The van der Waals surface area contributed by atoms with Crippen LogP contribution in [0.3, 0.4) is 0 Å². The van der Waals surface area contributed by atoms with E-state index in [2.05, 4.69) is 10.3 Å². The third-order valence-corrected chi connectivity index (χ3v) is 3.12. The van der Waals surface area contributed by atoms with Gasteiger partial charge in [0.1, 0.15) is 11.4 Å². The maximum absolute atomic E-state index is 12.5. The number of phenols is 1. The zero-order valence-electron chi connectivity index (χ0n) is 11.4. The molecule has 1 heterocycles. The third-order valence-electron chi connectivity index (χ3n) is 3.12. The lowest BCUT2D eigenvalue weighted by Crippen LogP contribution is -2.12. The molecule has 1 unspecified atom stereocenters. The largest absolute Gasteiger partial charge is 0.508 e. The van der Waals surface area contributed by atoms with E-state index in [1.165, 1.54) is 6.07 Å². The Balaban J connectivity index is 2.18. The minimum absolute atomic E-state index is 0.150. The van der Waals surface area contributed by atoms with Gasteiger partial charge in [-0.15, -0.1) is 0 Å². The van der Waals surface area contributed by atoms with Crippen molar-refractivity contribution in [1.82, 2.24) is 4.98 Å². The molecule has 0 aliphatic carbocycles. The Morgan fingerprint density at radius 2 is 1.90 bits per heavy atom. The fraction of sp³-hybridized carbons (Fsp3) is 0.267. The molecule has 1 atom stereocenters. The number of hydrogen-bond acceptors (Lipinski definition) is 3. The summed E-state index contributed by atoms with van der Waals surface area (Å²) < 4.78 is 37.4. The molecule has 2 aromatic rings. The average molecular weight is 296 g/mol. The van der Waals surface area contributed by atoms with Crippen LogP contribution in [0.5, 0.6) is 5.75 Å². The number of pyridine rings is 1. The number of nitrogens with zero attached hydrogens (tertiary/aromatic N) is 1. The summed E-state index contributed by atoms with van der Waals surface area (Å²) in [6.45, 7) is 1.92. The minimum atomic E-state index is -4.44. The van der Waals surface area contributed by atoms with Gasteiger partial charge in [0.15, 0.2) is 0 Å². The van der Waals surface area contributed by atoms with E-state index in [0.717, 1.165) is 12.3 Å². The van der Waals surface area contributed by atoms with Crippen LogP contribution in [0.15, 0.2) is 42.6 Å². The molecule has 0 amide bonds. The van der Waals surface area contributed by atoms with Gasteiger partial charge in [0, 0.05) is 5.56 Å². The van der Waals surface area contributed by atoms with Gasteiger partial charge in [-0.3, -0.25) is 0 Å². The fourth-order valence-electron chi connectivity index (χ4n) is 2.03. The van der Waals surface area contributed by atoms with Crippen LogP contribution < -0.4 is 5.32 Å². The first-order valence-electron chi connectivity index (χ1n) is 6.49. The summed E-state index contributed by atoms with van der Waals surface area (Å²) in [5, 5.41) is 12.9. The molecular formula is C15H15F3N2O. The van der Waals surface area contributed by atoms with Gasteiger partial charge in [0.25, 0.3) is 0 Å². The Bertz CT molecular complexity index is 597. The topological polar surface area (TPSA) is 45.2 Å². The van der Waals surface area contributed by atoms with Gasteiger partial charge in [0.2, 0.25) is 0 Å². The van der Waals surface area contributed by atoms with Crippen LogP contribution in [0.2, 0.25) is 0 Å². The molecule has 112 valence electrons. The van der Waals surface area contributed by atoms with Crippen molar-refractivity contribution in [3.05, 3.63) is 53.9 Å². The maximum atomic E-state index is 12.5. The number of alkyl halides is 3. The summed E-state index contributed by atoms with van der Waals surface area (Å²) in [6.07, 6.45) is -2.63. The van der Waals surface area contributed by atoms with E-state index in [4.69, 9.17) is 0 Å². The lowest BCUT2D eigenvalue weighted by atomic mass is 10.0. The number of phenolic OH excluding ortho intramolecular Hbond substituents is 1. The number of anilines is 1. The summed E-state index contributed by atoms with van der Waals surface area (Å²) in [6, 6.07) is 8.91. The molecule has 3 nitrogen and oxygen atoms in total. The van der Waals surface area contributed by atoms with Crippen molar-refractivity contribution in [2.24, 2.45) is 0 Å². The Morgan fingerprint density at radius 1 is 1.19 bits per heavy atom. The van der Waals surface area contributed by atoms with Crippen molar-refractivity contribution in [1.29, 1.82) is 0 Å². The van der Waals surface area contributed by atoms with Crippen LogP contribution in [0.25, 0.3) is 0 Å². The predicted octanol–water partition coefficient (Wildman–Crippen LogP) is 4.37. The van der Waals surface area contributed by atoms with Crippen molar-refractivity contribution in [2.45, 2.75) is 25.6 Å². The first-order valence-corrected chi connectivity index (χ1v) is 6.49. The van der Waals surface area contributed by atoms with Crippen molar-refractivity contribution in [3.8, 4) is 5.75 Å². The second-order valence-corrected chi connectivity index (χ2v) is 4.59. The van der Waals surface area contributed by atoms with Crippen molar-refractivity contribution in [3.63, 3.8) is 0 Å². The van der Waals surface area contributed by atoms with E-state index in [1.807, 2.05) is 6.92 Å². The molecule has 0 bridgehead atoms. The maximum Gasteiger partial charge on any atom is 0.433 e. The van der Waals surface area contributed by atoms with Crippen LogP contribution in [-0.2, 0) is 6.18 Å². The number of aromatic nitrogens is 1. The van der Waals surface area contributed by atoms with E-state index in [0.29, 0.717) is 17.7 Å². The van der Waals surface area contributed by atoms with Crippen molar-refractivity contribution < 1.29 is 18.3 Å².